The topological polar surface area (TPSA) is 91.7 Å². The smallest absolute Gasteiger partial charge is 0.229 e. The summed E-state index contributed by atoms with van der Waals surface area (Å²) in [6.07, 6.45) is 0.787. The van der Waals surface area contributed by atoms with Gasteiger partial charge in [-0.25, -0.2) is 0 Å². The van der Waals surface area contributed by atoms with Gasteiger partial charge in [0.2, 0.25) is 5.91 Å². The normalized spacial score (nSPS) is 46.6. The average molecular weight is 428 g/mol. The number of benzene rings is 1. The number of hydrogen-bond acceptors (Lipinski definition) is 7. The van der Waals surface area contributed by atoms with Gasteiger partial charge < -0.3 is 29.3 Å². The van der Waals surface area contributed by atoms with Crippen LogP contribution in [0, 0.1) is 11.8 Å². The zero-order chi connectivity index (χ0) is 21.3. The molecule has 1 spiro atoms. The SMILES string of the molecule is COc1cc2c(cc1OC)[C@@]13CCN4CC5(O)[C@H](O)CO[C@H]6CC(=O)N2C1[C@H]6[C@H]5C[C@H]43. The molecule has 0 radical (unpaired) electrons. The molecule has 8 atom stereocenters. The maximum absolute atomic E-state index is 13.5. The van der Waals surface area contributed by atoms with Crippen LogP contribution < -0.4 is 14.4 Å². The first-order valence-corrected chi connectivity index (χ1v) is 11.3. The lowest BCUT2D eigenvalue weighted by molar-refractivity contribution is -0.184. The lowest BCUT2D eigenvalue weighted by Crippen LogP contribution is -2.74. The molecule has 4 saturated heterocycles. The molecule has 1 saturated carbocycles. The number of fused-ring (bicyclic) bond motifs is 2. The van der Waals surface area contributed by atoms with Gasteiger partial charge in [-0.15, -0.1) is 0 Å². The van der Waals surface area contributed by atoms with E-state index in [0.29, 0.717) is 18.0 Å². The van der Waals surface area contributed by atoms with Gasteiger partial charge in [0.25, 0.3) is 0 Å². The largest absolute Gasteiger partial charge is 0.493 e. The van der Waals surface area contributed by atoms with Gasteiger partial charge in [-0.05, 0) is 31.0 Å². The van der Waals surface area contributed by atoms with E-state index in [0.717, 1.165) is 30.6 Å². The Morgan fingerprint density at radius 3 is 2.77 bits per heavy atom. The third-order valence-corrected chi connectivity index (χ3v) is 9.44. The number of anilines is 1. The molecule has 166 valence electrons. The van der Waals surface area contributed by atoms with Gasteiger partial charge in [-0.2, -0.15) is 0 Å². The standard InChI is InChI=1S/C23H28N2O6/c1-29-14-5-11-13(7-15(14)30-2)25-19(27)8-16-20-12-6-17-22(11,21(20)25)3-4-24(17)10-23(12,28)18(26)9-31-16/h5,7,12,16-18,20-21,26,28H,3-4,6,8-10H2,1-2H3/t12-,16+,17+,18-,20+,21?,22-,23?/m1/s1. The fourth-order valence-corrected chi connectivity index (χ4v) is 8.32. The van der Waals surface area contributed by atoms with Crippen LogP contribution in [-0.2, 0) is 14.9 Å². The third kappa shape index (κ3) is 1.92. The predicted octanol–water partition coefficient (Wildman–Crippen LogP) is 0.275. The number of hydrogen-bond donors (Lipinski definition) is 2. The molecule has 31 heavy (non-hydrogen) atoms. The molecule has 1 aromatic carbocycles. The zero-order valence-corrected chi connectivity index (χ0v) is 17.8. The molecular weight excluding hydrogens is 400 g/mol. The van der Waals surface area contributed by atoms with E-state index < -0.39 is 11.7 Å². The molecule has 5 fully saturated rings. The van der Waals surface area contributed by atoms with Gasteiger partial charge in [-0.1, -0.05) is 0 Å². The summed E-state index contributed by atoms with van der Waals surface area (Å²) in [5.41, 5.74) is 0.645. The van der Waals surface area contributed by atoms with Crippen molar-refractivity contribution >= 4 is 11.6 Å². The molecule has 1 amide bonds. The highest BCUT2D eigenvalue weighted by Gasteiger charge is 2.75. The quantitative estimate of drug-likeness (QED) is 0.699. The molecule has 5 heterocycles. The fraction of sp³-hybridized carbons (Fsp3) is 0.696. The Hall–Kier alpha value is -1.87. The highest BCUT2D eigenvalue weighted by atomic mass is 16.5. The number of piperidine rings is 2. The summed E-state index contributed by atoms with van der Waals surface area (Å²) in [5.74, 6) is 1.24. The summed E-state index contributed by atoms with van der Waals surface area (Å²) in [6, 6.07) is 4.16. The van der Waals surface area contributed by atoms with Crippen LogP contribution in [0.2, 0.25) is 0 Å². The van der Waals surface area contributed by atoms with E-state index in [1.165, 1.54) is 0 Å². The molecule has 2 bridgehead atoms. The van der Waals surface area contributed by atoms with E-state index in [4.69, 9.17) is 14.2 Å². The van der Waals surface area contributed by atoms with Gasteiger partial charge in [0.05, 0.1) is 45.1 Å². The van der Waals surface area contributed by atoms with Crippen LogP contribution in [0.4, 0.5) is 5.69 Å². The number of aliphatic hydroxyl groups is 2. The zero-order valence-electron chi connectivity index (χ0n) is 17.8. The molecule has 5 aliphatic heterocycles. The van der Waals surface area contributed by atoms with Gasteiger partial charge in [-0.3, -0.25) is 9.69 Å². The molecule has 1 aliphatic carbocycles. The molecule has 6 aliphatic rings. The number of ether oxygens (including phenoxy) is 3. The van der Waals surface area contributed by atoms with Crippen LogP contribution in [0.5, 0.6) is 11.5 Å². The number of rotatable bonds is 2. The predicted molar refractivity (Wildman–Crippen MR) is 109 cm³/mol. The van der Waals surface area contributed by atoms with Crippen molar-refractivity contribution in [1.82, 2.24) is 4.90 Å². The van der Waals surface area contributed by atoms with Crippen LogP contribution in [-0.4, -0.2) is 84.8 Å². The van der Waals surface area contributed by atoms with Gasteiger partial charge in [0.1, 0.15) is 11.7 Å². The van der Waals surface area contributed by atoms with Crippen LogP contribution in [0.3, 0.4) is 0 Å². The maximum Gasteiger partial charge on any atom is 0.229 e. The maximum atomic E-state index is 13.5. The summed E-state index contributed by atoms with van der Waals surface area (Å²) in [7, 11) is 3.26. The number of carbonyl (C=O) groups excluding carboxylic acids is 1. The summed E-state index contributed by atoms with van der Waals surface area (Å²) >= 11 is 0. The molecule has 0 aromatic heterocycles. The van der Waals surface area contributed by atoms with Crippen LogP contribution >= 0.6 is 0 Å². The second-order valence-corrected chi connectivity index (χ2v) is 10.2. The third-order valence-electron chi connectivity index (χ3n) is 9.44. The summed E-state index contributed by atoms with van der Waals surface area (Å²) in [5, 5.41) is 22.7. The Morgan fingerprint density at radius 1 is 1.23 bits per heavy atom. The van der Waals surface area contributed by atoms with Gasteiger partial charge in [0, 0.05) is 35.9 Å². The Bertz CT molecular complexity index is 1000. The van der Waals surface area contributed by atoms with E-state index in [9.17, 15) is 15.0 Å². The Balaban J connectivity index is 1.51. The van der Waals surface area contributed by atoms with E-state index in [1.54, 1.807) is 14.2 Å². The minimum Gasteiger partial charge on any atom is -0.493 e. The Morgan fingerprint density at radius 2 is 2.00 bits per heavy atom. The number of nitrogens with zero attached hydrogens (tertiary/aromatic N) is 2. The molecule has 2 unspecified atom stereocenters. The van der Waals surface area contributed by atoms with E-state index in [-0.39, 0.29) is 54.4 Å². The van der Waals surface area contributed by atoms with Crippen molar-refractivity contribution in [3.63, 3.8) is 0 Å². The molecule has 2 N–H and O–H groups in total. The van der Waals surface area contributed by atoms with Gasteiger partial charge >= 0.3 is 0 Å². The van der Waals surface area contributed by atoms with Crippen molar-refractivity contribution in [2.75, 3.05) is 38.8 Å². The van der Waals surface area contributed by atoms with E-state index in [1.807, 2.05) is 11.0 Å². The Kier molecular flexibility index (Phi) is 3.45. The second-order valence-electron chi connectivity index (χ2n) is 10.2. The van der Waals surface area contributed by atoms with E-state index in [2.05, 4.69) is 11.0 Å². The first-order valence-electron chi connectivity index (χ1n) is 11.3. The highest BCUT2D eigenvalue weighted by molar-refractivity contribution is 5.99. The van der Waals surface area contributed by atoms with Crippen LogP contribution in [0.1, 0.15) is 24.8 Å². The number of methoxy groups -OCH3 is 2. The molecule has 8 nitrogen and oxygen atoms in total. The summed E-state index contributed by atoms with van der Waals surface area (Å²) in [4.78, 5) is 17.8. The molecule has 7 rings (SSSR count). The van der Waals surface area contributed by atoms with Crippen molar-refractivity contribution in [3.05, 3.63) is 17.7 Å². The van der Waals surface area contributed by atoms with Crippen molar-refractivity contribution < 1.29 is 29.2 Å². The monoisotopic (exact) mass is 428 g/mol. The second kappa shape index (κ2) is 5.73. The molecule has 8 heteroatoms. The summed E-state index contributed by atoms with van der Waals surface area (Å²) < 4.78 is 17.4. The average Bonchev–Trinajstić information content (AvgIpc) is 3.26. The first-order chi connectivity index (χ1) is 14.9. The molecular formula is C23H28N2O6. The minimum atomic E-state index is -1.21. The first kappa shape index (κ1) is 18.7. The fourth-order valence-electron chi connectivity index (χ4n) is 8.32. The van der Waals surface area contributed by atoms with Crippen molar-refractivity contribution in [3.8, 4) is 11.5 Å². The van der Waals surface area contributed by atoms with E-state index >= 15 is 0 Å². The molecule has 1 aromatic rings. The Labute approximate surface area is 180 Å². The lowest BCUT2D eigenvalue weighted by atomic mass is 9.51. The summed E-state index contributed by atoms with van der Waals surface area (Å²) in [6.45, 7) is 1.38. The van der Waals surface area contributed by atoms with Crippen molar-refractivity contribution in [2.24, 2.45) is 11.8 Å². The number of aliphatic hydroxyl groups excluding tert-OH is 1. The van der Waals surface area contributed by atoms with Gasteiger partial charge in [0.15, 0.2) is 11.5 Å². The minimum absolute atomic E-state index is 0.0132. The number of amides is 1. The van der Waals surface area contributed by atoms with Crippen molar-refractivity contribution in [1.29, 1.82) is 0 Å². The number of carbonyl (C=O) groups is 1. The van der Waals surface area contributed by atoms with Crippen LogP contribution in [0.25, 0.3) is 0 Å². The lowest BCUT2D eigenvalue weighted by Gasteiger charge is -2.61. The van der Waals surface area contributed by atoms with Crippen LogP contribution in [0.15, 0.2) is 12.1 Å². The van der Waals surface area contributed by atoms with Crippen molar-refractivity contribution in [2.45, 2.75) is 54.6 Å². The highest BCUT2D eigenvalue weighted by Crippen LogP contribution is 2.67.